The van der Waals surface area contributed by atoms with Gasteiger partial charge in [-0.1, -0.05) is 78.9 Å². The third-order valence-corrected chi connectivity index (χ3v) is 9.87. The quantitative estimate of drug-likeness (QED) is 0.194. The van der Waals surface area contributed by atoms with E-state index in [1.54, 1.807) is 0 Å². The van der Waals surface area contributed by atoms with Gasteiger partial charge in [-0.3, -0.25) is 0 Å². The van der Waals surface area contributed by atoms with E-state index in [-0.39, 0.29) is 0 Å². The van der Waals surface area contributed by atoms with Gasteiger partial charge in [0.15, 0.2) is 0 Å². The molecule has 3 heterocycles. The second-order valence-corrected chi connectivity index (χ2v) is 11.9. The minimum Gasteiger partial charge on any atom is -0.456 e. The molecular weight excluding hydrogens is 520 g/mol. The maximum absolute atomic E-state index is 6.66. The number of furan rings is 2. The van der Waals surface area contributed by atoms with Gasteiger partial charge in [0.25, 0.3) is 0 Å². The molecule has 7 aromatic carbocycles. The highest BCUT2D eigenvalue weighted by molar-refractivity contribution is 7.26. The fourth-order valence-corrected chi connectivity index (χ4v) is 8.05. The zero-order valence-corrected chi connectivity index (χ0v) is 22.6. The summed E-state index contributed by atoms with van der Waals surface area (Å²) in [6.07, 6.45) is 0. The van der Waals surface area contributed by atoms with Gasteiger partial charge in [-0.15, -0.1) is 11.3 Å². The molecule has 0 saturated carbocycles. The molecule has 3 heteroatoms. The first kappa shape index (κ1) is 21.7. The topological polar surface area (TPSA) is 26.3 Å². The van der Waals surface area contributed by atoms with Crippen LogP contribution >= 0.6 is 11.3 Å². The number of para-hydroxylation sites is 2. The number of thiophene rings is 1. The standard InChI is InChI=1S/C38H20O2S/c1-5-14-33-22(8-1)26-17-16-25-30(28-12-7-11-27-24-10-3-6-15-35(24)41-38(27)28)18-21-19-34-31(20-29(21)36(25)37(26)40-33)23-9-2-4-13-32(23)39-34/h1-20H. The zero-order valence-electron chi connectivity index (χ0n) is 21.8. The monoisotopic (exact) mass is 540 g/mol. The van der Waals surface area contributed by atoms with E-state index in [4.69, 9.17) is 8.83 Å². The molecule has 0 amide bonds. The Morgan fingerprint density at radius 1 is 0.415 bits per heavy atom. The number of hydrogen-bond acceptors (Lipinski definition) is 3. The van der Waals surface area contributed by atoms with Crippen LogP contribution in [0, 0.1) is 0 Å². The molecule has 0 radical (unpaired) electrons. The van der Waals surface area contributed by atoms with Gasteiger partial charge in [0.1, 0.15) is 22.3 Å². The van der Waals surface area contributed by atoms with E-state index in [1.807, 2.05) is 29.5 Å². The van der Waals surface area contributed by atoms with Crippen molar-refractivity contribution in [3.8, 4) is 11.1 Å². The number of fused-ring (bicyclic) bond motifs is 13. The molecule has 2 nitrogen and oxygen atoms in total. The first-order chi connectivity index (χ1) is 20.3. The zero-order chi connectivity index (χ0) is 26.7. The molecular formula is C38H20O2S. The van der Waals surface area contributed by atoms with E-state index in [1.165, 1.54) is 42.1 Å². The van der Waals surface area contributed by atoms with Crippen molar-refractivity contribution in [3.63, 3.8) is 0 Å². The first-order valence-corrected chi connectivity index (χ1v) is 14.7. The average Bonchev–Trinajstić information content (AvgIpc) is 3.70. The molecule has 0 aliphatic rings. The Bertz CT molecular complexity index is 2700. The van der Waals surface area contributed by atoms with Crippen LogP contribution in [0.25, 0.3) is 96.7 Å². The maximum atomic E-state index is 6.66. The molecule has 0 saturated heterocycles. The van der Waals surface area contributed by atoms with E-state index in [9.17, 15) is 0 Å². The summed E-state index contributed by atoms with van der Waals surface area (Å²) in [6, 6.07) is 43.4. The maximum Gasteiger partial charge on any atom is 0.143 e. The molecule has 10 rings (SSSR count). The van der Waals surface area contributed by atoms with Gasteiger partial charge in [0.2, 0.25) is 0 Å². The molecule has 0 bridgehead atoms. The van der Waals surface area contributed by atoms with Gasteiger partial charge in [0, 0.05) is 52.7 Å². The summed E-state index contributed by atoms with van der Waals surface area (Å²) in [5.41, 5.74) is 6.12. The molecule has 0 spiro atoms. The van der Waals surface area contributed by atoms with Crippen molar-refractivity contribution in [2.45, 2.75) is 0 Å². The molecule has 0 aliphatic carbocycles. The highest BCUT2D eigenvalue weighted by atomic mass is 32.1. The Labute approximate surface area is 237 Å². The van der Waals surface area contributed by atoms with Crippen molar-refractivity contribution in [3.05, 3.63) is 121 Å². The van der Waals surface area contributed by atoms with E-state index < -0.39 is 0 Å². The van der Waals surface area contributed by atoms with Crippen molar-refractivity contribution in [1.82, 2.24) is 0 Å². The highest BCUT2D eigenvalue weighted by Crippen LogP contribution is 2.47. The van der Waals surface area contributed by atoms with Gasteiger partial charge in [-0.25, -0.2) is 0 Å². The largest absolute Gasteiger partial charge is 0.456 e. The van der Waals surface area contributed by atoms with Gasteiger partial charge < -0.3 is 8.83 Å². The predicted octanol–water partition coefficient (Wildman–Crippen LogP) is 11.8. The molecule has 10 aromatic rings. The van der Waals surface area contributed by atoms with Gasteiger partial charge in [-0.05, 0) is 64.2 Å². The third kappa shape index (κ3) is 2.86. The fraction of sp³-hybridized carbons (Fsp3) is 0. The number of benzene rings is 7. The smallest absolute Gasteiger partial charge is 0.143 e. The normalized spacial score (nSPS) is 12.4. The van der Waals surface area contributed by atoms with Crippen LogP contribution in [-0.4, -0.2) is 0 Å². The first-order valence-electron chi connectivity index (χ1n) is 13.8. The Hall–Kier alpha value is -5.12. The lowest BCUT2D eigenvalue weighted by Crippen LogP contribution is -1.86. The fourth-order valence-electron chi connectivity index (χ4n) is 6.82. The Balaban J connectivity index is 1.43. The minimum atomic E-state index is 0.904. The molecule has 190 valence electrons. The summed E-state index contributed by atoms with van der Waals surface area (Å²) >= 11 is 1.87. The Kier molecular flexibility index (Phi) is 4.10. The van der Waals surface area contributed by atoms with Crippen LogP contribution in [0.5, 0.6) is 0 Å². The second-order valence-electron chi connectivity index (χ2n) is 10.8. The van der Waals surface area contributed by atoms with Gasteiger partial charge in [0.05, 0.1) is 0 Å². The molecule has 0 atom stereocenters. The minimum absolute atomic E-state index is 0.904. The highest BCUT2D eigenvalue weighted by Gasteiger charge is 2.20. The van der Waals surface area contributed by atoms with Crippen molar-refractivity contribution < 1.29 is 8.83 Å². The van der Waals surface area contributed by atoms with Crippen LogP contribution in [0.15, 0.2) is 130 Å². The van der Waals surface area contributed by atoms with Crippen molar-refractivity contribution in [1.29, 1.82) is 0 Å². The lowest BCUT2D eigenvalue weighted by Gasteiger charge is -2.13. The van der Waals surface area contributed by atoms with E-state index >= 15 is 0 Å². The summed E-state index contributed by atoms with van der Waals surface area (Å²) in [7, 11) is 0. The van der Waals surface area contributed by atoms with Crippen molar-refractivity contribution in [2.75, 3.05) is 0 Å². The van der Waals surface area contributed by atoms with Crippen LogP contribution < -0.4 is 0 Å². The number of rotatable bonds is 1. The summed E-state index contributed by atoms with van der Waals surface area (Å²) < 4.78 is 15.6. The average molecular weight is 541 g/mol. The van der Waals surface area contributed by atoms with Gasteiger partial charge in [-0.2, -0.15) is 0 Å². The van der Waals surface area contributed by atoms with Crippen molar-refractivity contribution >= 4 is 96.9 Å². The molecule has 0 unspecified atom stereocenters. The summed E-state index contributed by atoms with van der Waals surface area (Å²) in [4.78, 5) is 0. The Morgan fingerprint density at radius 2 is 1.12 bits per heavy atom. The molecule has 41 heavy (non-hydrogen) atoms. The number of hydrogen-bond donors (Lipinski definition) is 0. The molecule has 0 N–H and O–H groups in total. The van der Waals surface area contributed by atoms with E-state index in [0.29, 0.717) is 0 Å². The SMILES string of the molecule is c1ccc2c(c1)oc1cc3cc(-c4cccc5c4sc4ccccc45)c4ccc5c6ccccc6oc5c4c3cc12. The predicted molar refractivity (Wildman–Crippen MR) is 174 cm³/mol. The van der Waals surface area contributed by atoms with Crippen LogP contribution in [0.4, 0.5) is 0 Å². The van der Waals surface area contributed by atoms with E-state index in [2.05, 4.69) is 103 Å². The second kappa shape index (κ2) is 7.75. The Morgan fingerprint density at radius 3 is 2.00 bits per heavy atom. The third-order valence-electron chi connectivity index (χ3n) is 8.65. The van der Waals surface area contributed by atoms with Gasteiger partial charge >= 0.3 is 0 Å². The lowest BCUT2D eigenvalue weighted by atomic mass is 9.91. The lowest BCUT2D eigenvalue weighted by molar-refractivity contribution is 0.669. The molecule has 0 aliphatic heterocycles. The van der Waals surface area contributed by atoms with Crippen molar-refractivity contribution in [2.24, 2.45) is 0 Å². The van der Waals surface area contributed by atoms with Crippen LogP contribution in [0.2, 0.25) is 0 Å². The summed E-state index contributed by atoms with van der Waals surface area (Å²) in [6.45, 7) is 0. The van der Waals surface area contributed by atoms with Crippen LogP contribution in [0.3, 0.4) is 0 Å². The van der Waals surface area contributed by atoms with Crippen LogP contribution in [0.1, 0.15) is 0 Å². The van der Waals surface area contributed by atoms with Crippen LogP contribution in [-0.2, 0) is 0 Å². The molecule has 0 fully saturated rings. The van der Waals surface area contributed by atoms with E-state index in [0.717, 1.165) is 54.6 Å². The summed E-state index contributed by atoms with van der Waals surface area (Å²) in [5, 5.41) is 11.8. The summed E-state index contributed by atoms with van der Waals surface area (Å²) in [5.74, 6) is 0. The molecule has 3 aromatic heterocycles.